The Kier molecular flexibility index (Phi) is 0.381. The van der Waals surface area contributed by atoms with Gasteiger partial charge in [-0.05, 0) is 0 Å². The molecule has 5 heavy (non-hydrogen) atoms. The van der Waals surface area contributed by atoms with Crippen LogP contribution in [0.3, 0.4) is 0 Å². The number of hydrogen-bond acceptors (Lipinski definition) is 1. The number of rotatable bonds is 0. The zero-order valence-corrected chi connectivity index (χ0v) is 2.52. The van der Waals surface area contributed by atoms with Crippen molar-refractivity contribution in [1.82, 2.24) is 0 Å². The van der Waals surface area contributed by atoms with Crippen LogP contribution < -0.4 is 0 Å². The molecule has 0 spiro atoms. The van der Waals surface area contributed by atoms with Gasteiger partial charge >= 0.3 is 0 Å². The lowest BCUT2D eigenvalue weighted by Gasteiger charge is -2.07. The van der Waals surface area contributed by atoms with E-state index < -0.39 is 6.36 Å². The summed E-state index contributed by atoms with van der Waals surface area (Å²) in [4.78, 5) is 0. The quantitative estimate of drug-likeness (QED) is 0.413. The molecule has 1 heterocycles. The number of ether oxygens (including phenoxy) is 1. The summed E-state index contributed by atoms with van der Waals surface area (Å²) in [7, 11) is 0. The molecule has 0 aromatic heterocycles. The van der Waals surface area contributed by atoms with E-state index in [0.717, 1.165) is 0 Å². The lowest BCUT2D eigenvalue weighted by molar-refractivity contribution is 0.0274. The molecule has 0 saturated carbocycles. The van der Waals surface area contributed by atoms with E-state index in [-0.39, 0.29) is 0 Å². The summed E-state index contributed by atoms with van der Waals surface area (Å²) in [6, 6.07) is 0. The molecule has 0 aliphatic carbocycles. The number of halogens is 1. The fraction of sp³-hybridized carbons (Fsp3) is 0.333. The molecule has 1 nitrogen and oxygen atoms in total. The van der Waals surface area contributed by atoms with Crippen LogP contribution in [-0.2, 0) is 4.74 Å². The molecular formula is C3H3FO. The standard InChI is InChI=1S/C3H3FO/c4-3-1-2-5-3/h1-3H. The monoisotopic (exact) mass is 74.0 g/mol. The average Bonchev–Trinajstić information content (AvgIpc) is 1.30. The predicted molar refractivity (Wildman–Crippen MR) is 15.1 cm³/mol. The van der Waals surface area contributed by atoms with Crippen LogP contribution in [0.4, 0.5) is 4.39 Å². The van der Waals surface area contributed by atoms with E-state index in [1.54, 1.807) is 0 Å². The first-order valence-corrected chi connectivity index (χ1v) is 1.36. The third-order valence-electron chi connectivity index (χ3n) is 0.438. The smallest absolute Gasteiger partial charge is 0.259 e. The van der Waals surface area contributed by atoms with Gasteiger partial charge in [0, 0.05) is 6.08 Å². The molecule has 0 radical (unpaired) electrons. The van der Waals surface area contributed by atoms with E-state index in [4.69, 9.17) is 0 Å². The zero-order chi connectivity index (χ0) is 3.70. The van der Waals surface area contributed by atoms with Gasteiger partial charge in [0.1, 0.15) is 0 Å². The van der Waals surface area contributed by atoms with E-state index in [9.17, 15) is 4.39 Å². The Morgan fingerprint density at radius 3 is 2.20 bits per heavy atom. The minimum atomic E-state index is -1.12. The summed E-state index contributed by atoms with van der Waals surface area (Å²) in [6.45, 7) is 0. The highest BCUT2D eigenvalue weighted by Gasteiger charge is 2.04. The Hall–Kier alpha value is -0.530. The normalized spacial score (nSPS) is 31.8. The summed E-state index contributed by atoms with van der Waals surface area (Å²) < 4.78 is 15.3. The summed E-state index contributed by atoms with van der Waals surface area (Å²) in [5, 5.41) is 0. The van der Waals surface area contributed by atoms with E-state index in [1.807, 2.05) is 0 Å². The minimum absolute atomic E-state index is 1.12. The maximum Gasteiger partial charge on any atom is 0.259 e. The average molecular weight is 74.1 g/mol. The molecule has 0 aromatic rings. The van der Waals surface area contributed by atoms with Gasteiger partial charge in [-0.1, -0.05) is 0 Å². The van der Waals surface area contributed by atoms with Gasteiger partial charge in [0.15, 0.2) is 0 Å². The largest absolute Gasteiger partial charge is 0.464 e. The van der Waals surface area contributed by atoms with Crippen molar-refractivity contribution in [3.05, 3.63) is 12.3 Å². The van der Waals surface area contributed by atoms with Crippen LogP contribution >= 0.6 is 0 Å². The summed E-state index contributed by atoms with van der Waals surface area (Å²) in [6.07, 6.45) is 1.54. The third kappa shape index (κ3) is 0.251. The molecule has 1 unspecified atom stereocenters. The molecule has 0 saturated heterocycles. The Labute approximate surface area is 29.1 Å². The molecule has 0 bridgehead atoms. The Morgan fingerprint density at radius 2 is 2.20 bits per heavy atom. The summed E-state index contributed by atoms with van der Waals surface area (Å²) in [5.41, 5.74) is 0. The van der Waals surface area contributed by atoms with Crippen LogP contribution in [0.1, 0.15) is 0 Å². The first kappa shape index (κ1) is 2.69. The maximum absolute atomic E-state index is 11.2. The van der Waals surface area contributed by atoms with Gasteiger partial charge in [0.05, 0.1) is 6.26 Å². The van der Waals surface area contributed by atoms with Crippen molar-refractivity contribution in [2.45, 2.75) is 6.36 Å². The minimum Gasteiger partial charge on any atom is -0.464 e. The van der Waals surface area contributed by atoms with E-state index >= 15 is 0 Å². The first-order valence-electron chi connectivity index (χ1n) is 1.36. The second-order valence-electron chi connectivity index (χ2n) is 0.816. The molecule has 1 aliphatic rings. The Morgan fingerprint density at radius 1 is 1.80 bits per heavy atom. The Bertz CT molecular complexity index is 59.9. The third-order valence-corrected chi connectivity index (χ3v) is 0.438. The highest BCUT2D eigenvalue weighted by molar-refractivity contribution is 4.87. The fourth-order valence-corrected chi connectivity index (χ4v) is 0.138. The summed E-state index contributed by atoms with van der Waals surface area (Å²) >= 11 is 0. The van der Waals surface area contributed by atoms with E-state index in [2.05, 4.69) is 4.74 Å². The van der Waals surface area contributed by atoms with Crippen LogP contribution in [0.2, 0.25) is 0 Å². The molecule has 28 valence electrons. The lowest BCUT2D eigenvalue weighted by Crippen LogP contribution is -2.04. The van der Waals surface area contributed by atoms with Gasteiger partial charge in [-0.15, -0.1) is 0 Å². The van der Waals surface area contributed by atoms with Crippen LogP contribution in [-0.4, -0.2) is 6.36 Å². The Balaban J connectivity index is 2.39. The highest BCUT2D eigenvalue weighted by Crippen LogP contribution is 2.04. The van der Waals surface area contributed by atoms with Crippen molar-refractivity contribution in [2.75, 3.05) is 0 Å². The van der Waals surface area contributed by atoms with Crippen molar-refractivity contribution < 1.29 is 9.13 Å². The zero-order valence-electron chi connectivity index (χ0n) is 2.52. The van der Waals surface area contributed by atoms with Gasteiger partial charge < -0.3 is 4.74 Å². The molecule has 2 heteroatoms. The molecule has 1 atom stereocenters. The van der Waals surface area contributed by atoms with Gasteiger partial charge in [-0.3, -0.25) is 0 Å². The van der Waals surface area contributed by atoms with Gasteiger partial charge in [0.2, 0.25) is 0 Å². The van der Waals surface area contributed by atoms with Gasteiger partial charge in [0.25, 0.3) is 6.36 Å². The van der Waals surface area contributed by atoms with Crippen molar-refractivity contribution in [2.24, 2.45) is 0 Å². The molecule has 0 amide bonds. The molecule has 0 aromatic carbocycles. The molecule has 1 aliphatic heterocycles. The van der Waals surface area contributed by atoms with E-state index in [0.29, 0.717) is 0 Å². The fourth-order valence-electron chi connectivity index (χ4n) is 0.138. The van der Waals surface area contributed by atoms with Crippen LogP contribution in [0.25, 0.3) is 0 Å². The lowest BCUT2D eigenvalue weighted by atomic mass is 10.6. The van der Waals surface area contributed by atoms with Crippen LogP contribution in [0.15, 0.2) is 12.3 Å². The number of alkyl halides is 1. The predicted octanol–water partition coefficient (Wildman–Crippen LogP) is 0.826. The van der Waals surface area contributed by atoms with Crippen molar-refractivity contribution in [1.29, 1.82) is 0 Å². The second-order valence-corrected chi connectivity index (χ2v) is 0.816. The first-order chi connectivity index (χ1) is 2.39. The van der Waals surface area contributed by atoms with Gasteiger partial charge in [-0.25, -0.2) is 0 Å². The van der Waals surface area contributed by atoms with E-state index in [1.165, 1.54) is 12.3 Å². The van der Waals surface area contributed by atoms with Gasteiger partial charge in [-0.2, -0.15) is 4.39 Å². The SMILES string of the molecule is FC1C=CO1. The molecule has 1 rings (SSSR count). The highest BCUT2D eigenvalue weighted by atomic mass is 19.1. The van der Waals surface area contributed by atoms with Crippen molar-refractivity contribution >= 4 is 0 Å². The molecular weight excluding hydrogens is 71.0 g/mol. The topological polar surface area (TPSA) is 9.23 Å². The number of hydrogen-bond donors (Lipinski definition) is 0. The van der Waals surface area contributed by atoms with Crippen LogP contribution in [0, 0.1) is 0 Å². The maximum atomic E-state index is 11.2. The molecule has 0 fully saturated rings. The summed E-state index contributed by atoms with van der Waals surface area (Å²) in [5.74, 6) is 0. The van der Waals surface area contributed by atoms with Crippen molar-refractivity contribution in [3.8, 4) is 0 Å². The van der Waals surface area contributed by atoms with Crippen molar-refractivity contribution in [3.63, 3.8) is 0 Å². The van der Waals surface area contributed by atoms with Crippen LogP contribution in [0.5, 0.6) is 0 Å². The second kappa shape index (κ2) is 0.708. The molecule has 0 N–H and O–H groups in total.